The van der Waals surface area contributed by atoms with Gasteiger partial charge < -0.3 is 20.2 Å². The maximum atomic E-state index is 9.40. The first-order valence-corrected chi connectivity index (χ1v) is 9.39. The highest BCUT2D eigenvalue weighted by atomic mass is 32.1. The molecule has 2 saturated heterocycles. The first-order chi connectivity index (χ1) is 11.7. The van der Waals surface area contributed by atoms with Gasteiger partial charge in [-0.15, -0.1) is 0 Å². The third kappa shape index (κ3) is 4.11. The standard InChI is InChI=1S/C18H28N4OS/c1-2-20-9-3-4-16(20)14-19-18(24)22-12-10-21(11-13-22)15-5-7-17(23)8-6-15/h5-8,16,23H,2-4,9-14H2,1H3,(H,19,24). The van der Waals surface area contributed by atoms with Crippen LogP contribution < -0.4 is 10.2 Å². The summed E-state index contributed by atoms with van der Waals surface area (Å²) >= 11 is 5.60. The molecule has 0 bridgehead atoms. The lowest BCUT2D eigenvalue weighted by Crippen LogP contribution is -2.53. The van der Waals surface area contributed by atoms with Crippen molar-refractivity contribution >= 4 is 23.0 Å². The van der Waals surface area contributed by atoms with Gasteiger partial charge in [0.15, 0.2) is 5.11 Å². The van der Waals surface area contributed by atoms with E-state index in [0.717, 1.165) is 50.1 Å². The van der Waals surface area contributed by atoms with E-state index in [-0.39, 0.29) is 0 Å². The molecule has 2 aliphatic heterocycles. The average molecular weight is 349 g/mol. The Kier molecular flexibility index (Phi) is 5.79. The maximum absolute atomic E-state index is 9.40. The minimum absolute atomic E-state index is 0.316. The molecule has 6 heteroatoms. The fraction of sp³-hybridized carbons (Fsp3) is 0.611. The van der Waals surface area contributed by atoms with Gasteiger partial charge in [-0.05, 0) is 62.4 Å². The Balaban J connectivity index is 1.44. The largest absolute Gasteiger partial charge is 0.508 e. The molecule has 24 heavy (non-hydrogen) atoms. The zero-order valence-corrected chi connectivity index (χ0v) is 15.3. The van der Waals surface area contributed by atoms with Crippen LogP contribution in [-0.4, -0.2) is 71.9 Å². The number of benzene rings is 1. The Morgan fingerprint density at radius 3 is 2.54 bits per heavy atom. The molecular weight excluding hydrogens is 320 g/mol. The Morgan fingerprint density at radius 1 is 1.17 bits per heavy atom. The van der Waals surface area contributed by atoms with Gasteiger partial charge in [0, 0.05) is 44.5 Å². The number of nitrogens with one attached hydrogen (secondary N) is 1. The van der Waals surface area contributed by atoms with Crippen molar-refractivity contribution in [3.63, 3.8) is 0 Å². The Bertz CT molecular complexity index is 542. The normalized spacial score (nSPS) is 22.0. The van der Waals surface area contributed by atoms with Crippen molar-refractivity contribution in [1.82, 2.24) is 15.1 Å². The monoisotopic (exact) mass is 348 g/mol. The van der Waals surface area contributed by atoms with Crippen molar-refractivity contribution in [2.75, 3.05) is 50.7 Å². The number of hydrogen-bond acceptors (Lipinski definition) is 4. The molecule has 0 aromatic heterocycles. The zero-order chi connectivity index (χ0) is 16.9. The molecule has 0 radical (unpaired) electrons. The molecule has 0 saturated carbocycles. The summed E-state index contributed by atoms with van der Waals surface area (Å²) in [5, 5.41) is 13.8. The highest BCUT2D eigenvalue weighted by Crippen LogP contribution is 2.20. The number of likely N-dealkylation sites (tertiary alicyclic amines) is 1. The number of likely N-dealkylation sites (N-methyl/N-ethyl adjacent to an activating group) is 1. The molecule has 3 rings (SSSR count). The van der Waals surface area contributed by atoms with E-state index in [1.807, 2.05) is 12.1 Å². The molecule has 1 aromatic rings. The fourth-order valence-corrected chi connectivity index (χ4v) is 3.96. The zero-order valence-electron chi connectivity index (χ0n) is 14.4. The van der Waals surface area contributed by atoms with Crippen LogP contribution in [0.4, 0.5) is 5.69 Å². The third-order valence-corrected chi connectivity index (χ3v) is 5.58. The van der Waals surface area contributed by atoms with Crippen LogP contribution >= 0.6 is 12.2 Å². The van der Waals surface area contributed by atoms with E-state index in [0.29, 0.717) is 11.8 Å². The van der Waals surface area contributed by atoms with Gasteiger partial charge in [0.05, 0.1) is 0 Å². The van der Waals surface area contributed by atoms with Crippen LogP contribution in [-0.2, 0) is 0 Å². The first kappa shape index (κ1) is 17.3. The molecule has 5 nitrogen and oxygen atoms in total. The van der Waals surface area contributed by atoms with Gasteiger partial charge in [0.2, 0.25) is 0 Å². The summed E-state index contributed by atoms with van der Waals surface area (Å²) in [6.07, 6.45) is 2.58. The van der Waals surface area contributed by atoms with Gasteiger partial charge in [-0.25, -0.2) is 0 Å². The van der Waals surface area contributed by atoms with Crippen molar-refractivity contribution in [3.8, 4) is 5.75 Å². The molecule has 0 aliphatic carbocycles. The molecule has 1 aromatic carbocycles. The predicted octanol–water partition coefficient (Wildman–Crippen LogP) is 1.87. The highest BCUT2D eigenvalue weighted by molar-refractivity contribution is 7.80. The van der Waals surface area contributed by atoms with Gasteiger partial charge in [-0.2, -0.15) is 0 Å². The second-order valence-electron chi connectivity index (χ2n) is 6.60. The van der Waals surface area contributed by atoms with Crippen LogP contribution in [0.1, 0.15) is 19.8 Å². The number of thiocarbonyl (C=S) groups is 1. The van der Waals surface area contributed by atoms with Crippen molar-refractivity contribution in [2.24, 2.45) is 0 Å². The highest BCUT2D eigenvalue weighted by Gasteiger charge is 2.24. The van der Waals surface area contributed by atoms with E-state index in [2.05, 4.69) is 26.9 Å². The van der Waals surface area contributed by atoms with Gasteiger partial charge in [0.25, 0.3) is 0 Å². The molecule has 2 N–H and O–H groups in total. The predicted molar refractivity (Wildman–Crippen MR) is 103 cm³/mol. The summed E-state index contributed by atoms with van der Waals surface area (Å²) < 4.78 is 0. The van der Waals surface area contributed by atoms with E-state index >= 15 is 0 Å². The van der Waals surface area contributed by atoms with E-state index in [1.54, 1.807) is 12.1 Å². The number of anilines is 1. The maximum Gasteiger partial charge on any atom is 0.169 e. The smallest absolute Gasteiger partial charge is 0.169 e. The molecule has 132 valence electrons. The van der Waals surface area contributed by atoms with Gasteiger partial charge in [-0.3, -0.25) is 4.90 Å². The van der Waals surface area contributed by atoms with Crippen LogP contribution in [0.5, 0.6) is 5.75 Å². The molecule has 0 spiro atoms. The van der Waals surface area contributed by atoms with Crippen LogP contribution in [0.2, 0.25) is 0 Å². The second-order valence-corrected chi connectivity index (χ2v) is 6.99. The van der Waals surface area contributed by atoms with Crippen molar-refractivity contribution in [3.05, 3.63) is 24.3 Å². The number of hydrogen-bond donors (Lipinski definition) is 2. The number of phenols is 1. The van der Waals surface area contributed by atoms with Crippen LogP contribution in [0.3, 0.4) is 0 Å². The Labute approximate surface area is 150 Å². The quantitative estimate of drug-likeness (QED) is 0.810. The summed E-state index contributed by atoms with van der Waals surface area (Å²) in [6, 6.07) is 8.07. The lowest BCUT2D eigenvalue weighted by atomic mass is 10.2. The molecule has 1 atom stereocenters. The van der Waals surface area contributed by atoms with E-state index in [9.17, 15) is 5.11 Å². The lowest BCUT2D eigenvalue weighted by molar-refractivity contribution is 0.264. The summed E-state index contributed by atoms with van der Waals surface area (Å²) in [7, 11) is 0. The van der Waals surface area contributed by atoms with Gasteiger partial charge in [0.1, 0.15) is 5.75 Å². The minimum atomic E-state index is 0.316. The topological polar surface area (TPSA) is 42.0 Å². The molecule has 2 fully saturated rings. The Morgan fingerprint density at radius 2 is 1.88 bits per heavy atom. The number of aromatic hydroxyl groups is 1. The summed E-state index contributed by atoms with van der Waals surface area (Å²) in [5.41, 5.74) is 1.16. The summed E-state index contributed by atoms with van der Waals surface area (Å²) in [5.74, 6) is 0.316. The van der Waals surface area contributed by atoms with Crippen LogP contribution in [0.15, 0.2) is 24.3 Å². The van der Waals surface area contributed by atoms with Crippen LogP contribution in [0, 0.1) is 0 Å². The molecule has 0 amide bonds. The Hall–Kier alpha value is -1.53. The first-order valence-electron chi connectivity index (χ1n) is 8.98. The van der Waals surface area contributed by atoms with Crippen LogP contribution in [0.25, 0.3) is 0 Å². The van der Waals surface area contributed by atoms with E-state index < -0.39 is 0 Å². The number of rotatable bonds is 4. The number of piperazine rings is 1. The van der Waals surface area contributed by atoms with Gasteiger partial charge in [-0.1, -0.05) is 6.92 Å². The fourth-order valence-electron chi connectivity index (χ4n) is 3.69. The SMILES string of the molecule is CCN1CCCC1CNC(=S)N1CCN(c2ccc(O)cc2)CC1. The molecule has 2 aliphatic rings. The van der Waals surface area contributed by atoms with Gasteiger partial charge >= 0.3 is 0 Å². The molecular formula is C18H28N4OS. The minimum Gasteiger partial charge on any atom is -0.508 e. The number of phenolic OH excluding ortho intramolecular Hbond substituents is 1. The van der Waals surface area contributed by atoms with E-state index in [4.69, 9.17) is 12.2 Å². The summed E-state index contributed by atoms with van der Waals surface area (Å²) in [6.45, 7) is 9.34. The number of nitrogens with zero attached hydrogens (tertiary/aromatic N) is 3. The summed E-state index contributed by atoms with van der Waals surface area (Å²) in [4.78, 5) is 7.16. The van der Waals surface area contributed by atoms with Crippen molar-refractivity contribution in [2.45, 2.75) is 25.8 Å². The van der Waals surface area contributed by atoms with Crippen molar-refractivity contribution < 1.29 is 5.11 Å². The second kappa shape index (κ2) is 8.03. The lowest BCUT2D eigenvalue weighted by Gasteiger charge is -2.38. The van der Waals surface area contributed by atoms with Crippen molar-refractivity contribution in [1.29, 1.82) is 0 Å². The van der Waals surface area contributed by atoms with E-state index in [1.165, 1.54) is 19.4 Å². The average Bonchev–Trinajstić information content (AvgIpc) is 3.08. The molecule has 1 unspecified atom stereocenters. The third-order valence-electron chi connectivity index (χ3n) is 5.18. The molecule has 2 heterocycles.